The van der Waals surface area contributed by atoms with Crippen molar-refractivity contribution in [1.82, 2.24) is 20.0 Å². The highest BCUT2D eigenvalue weighted by Gasteiger charge is 2.37. The van der Waals surface area contributed by atoms with Crippen LogP contribution >= 0.6 is 0 Å². The van der Waals surface area contributed by atoms with E-state index in [-0.39, 0.29) is 0 Å². The highest BCUT2D eigenvalue weighted by atomic mass is 19.4. The second-order valence-corrected chi connectivity index (χ2v) is 5.59. The van der Waals surface area contributed by atoms with E-state index in [9.17, 15) is 13.2 Å². The van der Waals surface area contributed by atoms with E-state index in [0.717, 1.165) is 22.3 Å². The van der Waals surface area contributed by atoms with E-state index in [2.05, 4.69) is 15.3 Å². The monoisotopic (exact) mass is 401 g/mol. The highest BCUT2D eigenvalue weighted by molar-refractivity contribution is 5.50. The molecule has 0 aliphatic heterocycles. The van der Waals surface area contributed by atoms with Crippen molar-refractivity contribution in [1.29, 1.82) is 5.26 Å². The van der Waals surface area contributed by atoms with E-state index in [0.29, 0.717) is 11.4 Å². The zero-order chi connectivity index (χ0) is 20.9. The van der Waals surface area contributed by atoms with Crippen molar-refractivity contribution in [3.63, 3.8) is 0 Å². The minimum absolute atomic E-state index is 0.410. The molecule has 0 unspecified atom stereocenters. The predicted octanol–water partition coefficient (Wildman–Crippen LogP) is 4.44. The lowest BCUT2D eigenvalue weighted by molar-refractivity contribution is -0.141. The van der Waals surface area contributed by atoms with Crippen LogP contribution in [0.15, 0.2) is 65.5 Å². The minimum atomic E-state index is -4.65. The third-order valence-corrected chi connectivity index (χ3v) is 3.73. The molecule has 10 heteroatoms. The molecule has 4 aromatic rings. The van der Waals surface area contributed by atoms with Crippen molar-refractivity contribution < 1.29 is 22.3 Å². The average molecular weight is 401 g/mol. The molecule has 3 heterocycles. The highest BCUT2D eigenvalue weighted by Crippen LogP contribution is 2.31. The molecule has 0 aliphatic rings. The smallest absolute Gasteiger partial charge is 0.436 e. The van der Waals surface area contributed by atoms with Gasteiger partial charge in [-0.05, 0) is 42.5 Å². The van der Waals surface area contributed by atoms with Crippen molar-refractivity contribution in [3.8, 4) is 29.0 Å². The number of ether oxygens (including phenoxy) is 1. The summed E-state index contributed by atoms with van der Waals surface area (Å²) in [6, 6.07) is 13.4. The first kappa shape index (κ1) is 19.8. The van der Waals surface area contributed by atoms with Crippen molar-refractivity contribution in [2.75, 3.05) is 7.11 Å². The van der Waals surface area contributed by atoms with Crippen LogP contribution in [-0.4, -0.2) is 27.1 Å². The third-order valence-electron chi connectivity index (χ3n) is 3.73. The van der Waals surface area contributed by atoms with Crippen LogP contribution < -0.4 is 4.74 Å². The maximum absolute atomic E-state index is 12.6. The molecule has 4 rings (SSSR count). The summed E-state index contributed by atoms with van der Waals surface area (Å²) in [5, 5.41) is 18.7. The number of halogens is 3. The number of methoxy groups -OCH3 is 1. The molecular weight excluding hydrogens is 387 g/mol. The molecule has 1 N–H and O–H groups in total. The van der Waals surface area contributed by atoms with Gasteiger partial charge in [0.1, 0.15) is 23.1 Å². The first-order valence-electron chi connectivity index (χ1n) is 8.17. The zero-order valence-electron chi connectivity index (χ0n) is 15.0. The Hall–Kier alpha value is -4.00. The van der Waals surface area contributed by atoms with Crippen LogP contribution in [-0.2, 0) is 6.18 Å². The van der Waals surface area contributed by atoms with Crippen molar-refractivity contribution in [2.45, 2.75) is 6.18 Å². The minimum Gasteiger partial charge on any atom is -0.497 e. The molecule has 0 radical (unpaired) electrons. The summed E-state index contributed by atoms with van der Waals surface area (Å²) in [4.78, 5) is 0. The molecule has 0 amide bonds. The molecular formula is C19H14F3N5O2. The van der Waals surface area contributed by atoms with Crippen molar-refractivity contribution >= 4 is 0 Å². The lowest BCUT2D eigenvalue weighted by atomic mass is 10.2. The first-order chi connectivity index (χ1) is 13.9. The maximum atomic E-state index is 12.6. The molecule has 0 saturated heterocycles. The van der Waals surface area contributed by atoms with E-state index in [1.165, 1.54) is 13.2 Å². The number of H-pyrrole nitrogens is 1. The number of hydrogen-bond acceptors (Lipinski definition) is 5. The van der Waals surface area contributed by atoms with Gasteiger partial charge in [0, 0.05) is 12.4 Å². The van der Waals surface area contributed by atoms with Gasteiger partial charge < -0.3 is 9.15 Å². The number of hydrogen-bond donors (Lipinski definition) is 1. The van der Waals surface area contributed by atoms with Gasteiger partial charge in [0.25, 0.3) is 0 Å². The summed E-state index contributed by atoms with van der Waals surface area (Å²) in [7, 11) is 1.48. The fourth-order valence-corrected chi connectivity index (χ4v) is 2.36. The standard InChI is InChI=1S/C12H8F3N3O.C7H6N2O/c1-19-10-4-2-9(3-5-10)18-7-8(6-16)11(17-18)12(13,14)15;1-2-7(10-5-1)6-3-4-8-9-6/h2-5,7H,1H3;1-5H,(H,8,9). The van der Waals surface area contributed by atoms with Crippen LogP contribution in [0.2, 0.25) is 0 Å². The van der Waals surface area contributed by atoms with Gasteiger partial charge in [-0.2, -0.15) is 28.6 Å². The molecule has 0 spiro atoms. The Morgan fingerprint density at radius 1 is 1.17 bits per heavy atom. The van der Waals surface area contributed by atoms with Crippen molar-refractivity contribution in [2.24, 2.45) is 0 Å². The molecule has 0 fully saturated rings. The zero-order valence-corrected chi connectivity index (χ0v) is 15.0. The van der Waals surface area contributed by atoms with E-state index in [1.54, 1.807) is 36.7 Å². The SMILES string of the molecule is COc1ccc(-n2cc(C#N)c(C(F)(F)F)n2)cc1.c1coc(-c2ccn[nH]2)c1. The largest absolute Gasteiger partial charge is 0.497 e. The number of benzene rings is 1. The second-order valence-electron chi connectivity index (χ2n) is 5.59. The molecule has 0 atom stereocenters. The lowest BCUT2D eigenvalue weighted by Crippen LogP contribution is -2.08. The van der Waals surface area contributed by atoms with E-state index in [1.807, 2.05) is 18.2 Å². The van der Waals surface area contributed by atoms with Gasteiger partial charge in [0.05, 0.1) is 19.1 Å². The number of alkyl halides is 3. The summed E-state index contributed by atoms with van der Waals surface area (Å²) in [6.45, 7) is 0. The topological polar surface area (TPSA) is 92.7 Å². The van der Waals surface area contributed by atoms with Gasteiger partial charge in [0.15, 0.2) is 11.5 Å². The van der Waals surface area contributed by atoms with Gasteiger partial charge in [-0.1, -0.05) is 0 Å². The summed E-state index contributed by atoms with van der Waals surface area (Å²) in [5.41, 5.74) is -0.382. The number of aromatic nitrogens is 4. The average Bonchev–Trinajstić information content (AvgIpc) is 3.48. The van der Waals surface area contributed by atoms with Crippen LogP contribution in [0, 0.1) is 11.3 Å². The summed E-state index contributed by atoms with van der Waals surface area (Å²) < 4.78 is 49.0. The maximum Gasteiger partial charge on any atom is 0.436 e. The molecule has 7 nitrogen and oxygen atoms in total. The number of nitriles is 1. The van der Waals surface area contributed by atoms with Crippen LogP contribution in [0.5, 0.6) is 5.75 Å². The summed E-state index contributed by atoms with van der Waals surface area (Å²) >= 11 is 0. The van der Waals surface area contributed by atoms with Crippen LogP contribution in [0.25, 0.3) is 17.1 Å². The Morgan fingerprint density at radius 3 is 2.41 bits per heavy atom. The van der Waals surface area contributed by atoms with Crippen LogP contribution in [0.1, 0.15) is 11.3 Å². The van der Waals surface area contributed by atoms with Gasteiger partial charge in [-0.25, -0.2) is 4.68 Å². The van der Waals surface area contributed by atoms with Crippen LogP contribution in [0.3, 0.4) is 0 Å². The fourth-order valence-electron chi connectivity index (χ4n) is 2.36. The van der Waals surface area contributed by atoms with E-state index >= 15 is 0 Å². The quantitative estimate of drug-likeness (QED) is 0.548. The molecule has 0 saturated carbocycles. The Bertz CT molecular complexity index is 1040. The van der Waals surface area contributed by atoms with Crippen LogP contribution in [0.4, 0.5) is 13.2 Å². The normalized spacial score (nSPS) is 10.7. The predicted molar refractivity (Wildman–Crippen MR) is 96.1 cm³/mol. The molecule has 1 aromatic carbocycles. The van der Waals surface area contributed by atoms with Gasteiger partial charge in [-0.15, -0.1) is 0 Å². The van der Waals surface area contributed by atoms with Gasteiger partial charge in [0.2, 0.25) is 0 Å². The van der Waals surface area contributed by atoms with Gasteiger partial charge in [-0.3, -0.25) is 5.10 Å². The Morgan fingerprint density at radius 2 is 1.93 bits per heavy atom. The second kappa shape index (κ2) is 8.35. The Balaban J connectivity index is 0.000000200. The van der Waals surface area contributed by atoms with Crippen molar-refractivity contribution in [3.05, 3.63) is 72.4 Å². The van der Waals surface area contributed by atoms with Gasteiger partial charge >= 0.3 is 6.18 Å². The van der Waals surface area contributed by atoms with E-state index < -0.39 is 17.4 Å². The molecule has 29 heavy (non-hydrogen) atoms. The molecule has 148 valence electrons. The third kappa shape index (κ3) is 4.65. The number of nitrogens with one attached hydrogen (secondary N) is 1. The Kier molecular flexibility index (Phi) is 5.69. The Labute approximate surface area is 163 Å². The lowest BCUT2D eigenvalue weighted by Gasteiger charge is -2.04. The molecule has 0 aliphatic carbocycles. The number of nitrogens with zero attached hydrogens (tertiary/aromatic N) is 4. The number of furan rings is 1. The first-order valence-corrected chi connectivity index (χ1v) is 8.17. The molecule has 3 aromatic heterocycles. The number of rotatable bonds is 3. The van der Waals surface area contributed by atoms with E-state index in [4.69, 9.17) is 14.4 Å². The summed E-state index contributed by atoms with van der Waals surface area (Å²) in [5.74, 6) is 1.39. The fraction of sp³-hybridized carbons (Fsp3) is 0.105. The molecule has 0 bridgehead atoms. The summed E-state index contributed by atoms with van der Waals surface area (Å²) in [6.07, 6.45) is -0.276. The number of aromatic amines is 1.